The van der Waals surface area contributed by atoms with Gasteiger partial charge in [0.25, 0.3) is 0 Å². The Kier molecular flexibility index (Phi) is 9.63. The Morgan fingerprint density at radius 3 is 2.58 bits per heavy atom. The topological polar surface area (TPSA) is 84.2 Å². The Hall–Kier alpha value is -4.08. The van der Waals surface area contributed by atoms with Crippen molar-refractivity contribution in [1.82, 2.24) is 25.2 Å². The molecule has 0 N–H and O–H groups in total. The molecular formula is C31H37N5O3Si. The zero-order chi connectivity index (χ0) is 28.5. The van der Waals surface area contributed by atoms with E-state index in [2.05, 4.69) is 46.7 Å². The van der Waals surface area contributed by atoms with Gasteiger partial charge in [0, 0.05) is 32.0 Å². The smallest absolute Gasteiger partial charge is 0.184 e. The summed E-state index contributed by atoms with van der Waals surface area (Å²) in [4.78, 5) is 4.58. The molecule has 0 saturated carbocycles. The van der Waals surface area contributed by atoms with Crippen LogP contribution in [0.1, 0.15) is 29.3 Å². The van der Waals surface area contributed by atoms with Gasteiger partial charge in [-0.1, -0.05) is 68.7 Å². The van der Waals surface area contributed by atoms with Gasteiger partial charge in [0.2, 0.25) is 0 Å². The van der Waals surface area contributed by atoms with Crippen molar-refractivity contribution in [3.8, 4) is 22.9 Å². The third-order valence-corrected chi connectivity index (χ3v) is 7.96. The van der Waals surface area contributed by atoms with E-state index in [9.17, 15) is 0 Å². The largest absolute Gasteiger partial charge is 0.497 e. The number of aromatic nitrogens is 5. The molecule has 0 saturated heterocycles. The van der Waals surface area contributed by atoms with Crippen LogP contribution in [0.15, 0.2) is 67.4 Å². The first kappa shape index (κ1) is 28.9. The van der Waals surface area contributed by atoms with Gasteiger partial charge < -0.3 is 14.2 Å². The molecule has 208 valence electrons. The number of hydrogen-bond donors (Lipinski definition) is 0. The highest BCUT2D eigenvalue weighted by Crippen LogP contribution is 2.30. The van der Waals surface area contributed by atoms with Crippen LogP contribution < -0.4 is 9.47 Å². The third kappa shape index (κ3) is 7.97. The van der Waals surface area contributed by atoms with E-state index in [1.807, 2.05) is 73.7 Å². The van der Waals surface area contributed by atoms with Crippen molar-refractivity contribution < 1.29 is 14.2 Å². The molecule has 2 aromatic carbocycles. The van der Waals surface area contributed by atoms with E-state index >= 15 is 0 Å². The highest BCUT2D eigenvalue weighted by molar-refractivity contribution is 6.76. The summed E-state index contributed by atoms with van der Waals surface area (Å²) in [5, 5.41) is 12.1. The Bertz CT molecular complexity index is 1460. The van der Waals surface area contributed by atoms with Gasteiger partial charge in [-0.05, 0) is 64.4 Å². The fourth-order valence-corrected chi connectivity index (χ4v) is 4.69. The second-order valence-corrected chi connectivity index (χ2v) is 16.4. The van der Waals surface area contributed by atoms with Crippen molar-refractivity contribution >= 4 is 25.8 Å². The van der Waals surface area contributed by atoms with E-state index in [0.29, 0.717) is 31.5 Å². The van der Waals surface area contributed by atoms with Gasteiger partial charge in [-0.15, -0.1) is 5.10 Å². The molecule has 0 atom stereocenters. The molecule has 9 heteroatoms. The second kappa shape index (κ2) is 13.3. The van der Waals surface area contributed by atoms with Crippen LogP contribution >= 0.6 is 0 Å². The van der Waals surface area contributed by atoms with Crippen LogP contribution in [0.25, 0.3) is 29.1 Å². The Morgan fingerprint density at radius 2 is 1.85 bits per heavy atom. The summed E-state index contributed by atoms with van der Waals surface area (Å²) >= 11 is 0. The zero-order valence-corrected chi connectivity index (χ0v) is 24.9. The maximum absolute atomic E-state index is 6.28. The average molecular weight is 556 g/mol. The van der Waals surface area contributed by atoms with E-state index < -0.39 is 8.07 Å². The van der Waals surface area contributed by atoms with Crippen LogP contribution in [0.4, 0.5) is 0 Å². The third-order valence-electron chi connectivity index (χ3n) is 6.25. The summed E-state index contributed by atoms with van der Waals surface area (Å²) in [5.41, 5.74) is 5.49. The number of allylic oxidation sites excluding steroid dienone is 1. The number of rotatable bonds is 13. The standard InChI is InChI=1S/C31H37N5O3Si/c1-23(2)28-16-17-32-29(30(28)39-21-25-8-7-9-27(20-25)37-3)15-12-24-10-13-26(14-11-24)31-33-34-35-36(31)22-38-18-19-40(4,5)6/h7-17,20H,1,18-19,21-22H2,2-6H3. The normalized spacial score (nSPS) is 11.6. The Labute approximate surface area is 237 Å². The summed E-state index contributed by atoms with van der Waals surface area (Å²) in [6, 6.07) is 18.9. The molecule has 4 rings (SSSR count). The molecule has 0 radical (unpaired) electrons. The molecule has 0 fully saturated rings. The lowest BCUT2D eigenvalue weighted by molar-refractivity contribution is 0.0784. The highest BCUT2D eigenvalue weighted by atomic mass is 28.3. The predicted molar refractivity (Wildman–Crippen MR) is 163 cm³/mol. The molecule has 0 aliphatic carbocycles. The Morgan fingerprint density at radius 1 is 1.05 bits per heavy atom. The van der Waals surface area contributed by atoms with E-state index in [1.54, 1.807) is 18.0 Å². The molecule has 0 unspecified atom stereocenters. The molecule has 0 bridgehead atoms. The van der Waals surface area contributed by atoms with E-state index in [4.69, 9.17) is 14.2 Å². The van der Waals surface area contributed by atoms with Crippen molar-refractivity contribution in [3.63, 3.8) is 0 Å². The van der Waals surface area contributed by atoms with Gasteiger partial charge in [0.15, 0.2) is 11.6 Å². The van der Waals surface area contributed by atoms with Crippen molar-refractivity contribution in [1.29, 1.82) is 0 Å². The first-order chi connectivity index (χ1) is 19.2. The lowest BCUT2D eigenvalue weighted by Gasteiger charge is -2.15. The number of methoxy groups -OCH3 is 1. The summed E-state index contributed by atoms with van der Waals surface area (Å²) in [6.45, 7) is 14.5. The van der Waals surface area contributed by atoms with E-state index in [0.717, 1.165) is 45.3 Å². The van der Waals surface area contributed by atoms with Crippen molar-refractivity contribution in [3.05, 3.63) is 89.8 Å². The lowest BCUT2D eigenvalue weighted by Crippen LogP contribution is -2.22. The van der Waals surface area contributed by atoms with Gasteiger partial charge in [0.1, 0.15) is 24.8 Å². The highest BCUT2D eigenvalue weighted by Gasteiger charge is 2.14. The van der Waals surface area contributed by atoms with E-state index in [1.165, 1.54) is 0 Å². The first-order valence-corrected chi connectivity index (χ1v) is 17.0. The van der Waals surface area contributed by atoms with Crippen LogP contribution in [0.5, 0.6) is 11.5 Å². The van der Waals surface area contributed by atoms with Crippen LogP contribution in [0.3, 0.4) is 0 Å². The van der Waals surface area contributed by atoms with Gasteiger partial charge in [-0.3, -0.25) is 4.98 Å². The van der Waals surface area contributed by atoms with Crippen molar-refractivity contribution in [2.24, 2.45) is 0 Å². The van der Waals surface area contributed by atoms with Gasteiger partial charge in [-0.25, -0.2) is 0 Å². The van der Waals surface area contributed by atoms with Crippen LogP contribution in [0, 0.1) is 0 Å². The number of hydrogen-bond acceptors (Lipinski definition) is 7. The number of tetrazole rings is 1. The molecule has 2 aromatic heterocycles. The maximum Gasteiger partial charge on any atom is 0.184 e. The van der Waals surface area contributed by atoms with Crippen molar-refractivity contribution in [2.75, 3.05) is 13.7 Å². The van der Waals surface area contributed by atoms with E-state index in [-0.39, 0.29) is 0 Å². The fraction of sp³-hybridized carbons (Fsp3) is 0.290. The molecule has 0 aliphatic heterocycles. The van der Waals surface area contributed by atoms with Crippen LogP contribution in [-0.2, 0) is 18.1 Å². The first-order valence-electron chi connectivity index (χ1n) is 13.3. The molecule has 0 aliphatic rings. The number of benzene rings is 2. The predicted octanol–water partition coefficient (Wildman–Crippen LogP) is 6.84. The van der Waals surface area contributed by atoms with Crippen LogP contribution in [0.2, 0.25) is 25.7 Å². The van der Waals surface area contributed by atoms with Gasteiger partial charge in [-0.2, -0.15) is 4.68 Å². The lowest BCUT2D eigenvalue weighted by atomic mass is 10.1. The summed E-state index contributed by atoms with van der Waals surface area (Å²) in [6.07, 6.45) is 5.74. The molecule has 0 amide bonds. The number of pyridine rings is 1. The van der Waals surface area contributed by atoms with Gasteiger partial charge in [0.05, 0.1) is 7.11 Å². The SMILES string of the molecule is C=C(C)c1ccnc(C=Cc2ccc(-c3nnnn3COCC[Si](C)(C)C)cc2)c1OCc1cccc(OC)c1. The average Bonchev–Trinajstić information content (AvgIpc) is 3.41. The molecule has 2 heterocycles. The monoisotopic (exact) mass is 555 g/mol. The molecule has 40 heavy (non-hydrogen) atoms. The minimum atomic E-state index is -1.15. The second-order valence-electron chi connectivity index (χ2n) is 10.8. The number of nitrogens with zero attached hydrogens (tertiary/aromatic N) is 5. The zero-order valence-electron chi connectivity index (χ0n) is 23.9. The van der Waals surface area contributed by atoms with Crippen molar-refractivity contribution in [2.45, 2.75) is 45.9 Å². The molecule has 4 aromatic rings. The minimum Gasteiger partial charge on any atom is -0.497 e. The summed E-state index contributed by atoms with van der Waals surface area (Å²) in [7, 11) is 0.509. The molecule has 8 nitrogen and oxygen atoms in total. The fourth-order valence-electron chi connectivity index (χ4n) is 3.93. The maximum atomic E-state index is 6.28. The molecule has 0 spiro atoms. The van der Waals surface area contributed by atoms with Gasteiger partial charge >= 0.3 is 0 Å². The summed E-state index contributed by atoms with van der Waals surface area (Å²) < 4.78 is 19.1. The summed E-state index contributed by atoms with van der Waals surface area (Å²) in [5.74, 6) is 2.16. The van der Waals surface area contributed by atoms with Crippen LogP contribution in [-0.4, -0.2) is 47.0 Å². The number of ether oxygens (including phenoxy) is 3. The minimum absolute atomic E-state index is 0.331. The quantitative estimate of drug-likeness (QED) is 0.132. The molecular weight excluding hydrogens is 518 g/mol. The Balaban J connectivity index is 1.47.